The largest absolute Gasteiger partial charge is 0.355 e. The summed E-state index contributed by atoms with van der Waals surface area (Å²) in [4.78, 5) is 12.0. The van der Waals surface area contributed by atoms with Crippen LogP contribution in [0.2, 0.25) is 0 Å². The minimum atomic E-state index is -0.308. The van der Waals surface area contributed by atoms with Gasteiger partial charge in [-0.25, -0.2) is 0 Å². The van der Waals surface area contributed by atoms with Crippen LogP contribution in [0.5, 0.6) is 0 Å². The van der Waals surface area contributed by atoms with Crippen LogP contribution in [0.1, 0.15) is 65.7 Å². The molecule has 1 amide bonds. The van der Waals surface area contributed by atoms with Gasteiger partial charge in [0.05, 0.1) is 5.54 Å². The van der Waals surface area contributed by atoms with Crippen molar-refractivity contribution in [1.29, 1.82) is 0 Å². The average Bonchev–Trinajstić information content (AvgIpc) is 2.75. The number of rotatable bonds is 8. The summed E-state index contributed by atoms with van der Waals surface area (Å²) in [6, 6.07) is 0. The smallest absolute Gasteiger partial charge is 0.240 e. The summed E-state index contributed by atoms with van der Waals surface area (Å²) < 4.78 is 0. The molecule has 0 aromatic rings. The number of carbonyl (C=O) groups is 1. The first-order chi connectivity index (χ1) is 8.54. The third kappa shape index (κ3) is 5.38. The number of nitrogens with one attached hydrogen (secondary N) is 2. The number of carbonyl (C=O) groups excluding carboxylic acids is 1. The first kappa shape index (κ1) is 15.5. The highest BCUT2D eigenvalue weighted by molar-refractivity contribution is 5.86. The Morgan fingerprint density at radius 1 is 1.28 bits per heavy atom. The van der Waals surface area contributed by atoms with Crippen LogP contribution in [0.4, 0.5) is 0 Å². The lowest BCUT2D eigenvalue weighted by Crippen LogP contribution is -2.51. The van der Waals surface area contributed by atoms with Crippen LogP contribution in [0, 0.1) is 5.92 Å². The molecule has 1 rings (SSSR count). The zero-order valence-corrected chi connectivity index (χ0v) is 12.3. The molecule has 3 nitrogen and oxygen atoms in total. The molecule has 3 heteroatoms. The van der Waals surface area contributed by atoms with Gasteiger partial charge in [-0.05, 0) is 38.6 Å². The Bertz CT molecular complexity index is 245. The maximum atomic E-state index is 12.0. The molecule has 1 aliphatic rings. The lowest BCUT2D eigenvalue weighted by molar-refractivity contribution is -0.126. The van der Waals surface area contributed by atoms with Gasteiger partial charge >= 0.3 is 0 Å². The van der Waals surface area contributed by atoms with E-state index in [0.717, 1.165) is 38.3 Å². The van der Waals surface area contributed by atoms with Gasteiger partial charge in [-0.1, -0.05) is 39.5 Å². The number of amides is 1. The van der Waals surface area contributed by atoms with E-state index in [1.54, 1.807) is 0 Å². The van der Waals surface area contributed by atoms with E-state index in [4.69, 9.17) is 0 Å². The van der Waals surface area contributed by atoms with Crippen LogP contribution in [0.3, 0.4) is 0 Å². The van der Waals surface area contributed by atoms with Crippen molar-refractivity contribution in [2.24, 2.45) is 5.92 Å². The van der Waals surface area contributed by atoms with Crippen molar-refractivity contribution < 1.29 is 4.79 Å². The molecule has 1 unspecified atom stereocenters. The molecule has 1 saturated heterocycles. The summed E-state index contributed by atoms with van der Waals surface area (Å²) in [6.07, 6.45) is 8.37. The van der Waals surface area contributed by atoms with Gasteiger partial charge in [-0.3, -0.25) is 4.79 Å². The molecule has 1 fully saturated rings. The average molecular weight is 254 g/mol. The lowest BCUT2D eigenvalue weighted by Gasteiger charge is -2.23. The zero-order valence-electron chi connectivity index (χ0n) is 12.3. The van der Waals surface area contributed by atoms with E-state index in [-0.39, 0.29) is 11.4 Å². The molecular formula is C15H30N2O. The molecule has 2 N–H and O–H groups in total. The van der Waals surface area contributed by atoms with Crippen molar-refractivity contribution in [3.63, 3.8) is 0 Å². The van der Waals surface area contributed by atoms with E-state index in [0.29, 0.717) is 0 Å². The summed E-state index contributed by atoms with van der Waals surface area (Å²) in [7, 11) is 0. The summed E-state index contributed by atoms with van der Waals surface area (Å²) in [5.74, 6) is 1.00. The highest BCUT2D eigenvalue weighted by Crippen LogP contribution is 2.18. The van der Waals surface area contributed by atoms with E-state index in [2.05, 4.69) is 24.5 Å². The highest BCUT2D eigenvalue weighted by Gasteiger charge is 2.35. The topological polar surface area (TPSA) is 41.1 Å². The Morgan fingerprint density at radius 2 is 2.00 bits per heavy atom. The molecule has 18 heavy (non-hydrogen) atoms. The fourth-order valence-corrected chi connectivity index (χ4v) is 2.52. The van der Waals surface area contributed by atoms with Gasteiger partial charge in [-0.15, -0.1) is 0 Å². The second kappa shape index (κ2) is 7.78. The lowest BCUT2D eigenvalue weighted by atomic mass is 9.99. The summed E-state index contributed by atoms with van der Waals surface area (Å²) in [6.45, 7) is 8.36. The zero-order chi connectivity index (χ0) is 13.4. The van der Waals surface area contributed by atoms with Crippen molar-refractivity contribution in [2.75, 3.05) is 13.1 Å². The van der Waals surface area contributed by atoms with E-state index >= 15 is 0 Å². The van der Waals surface area contributed by atoms with Gasteiger partial charge in [-0.2, -0.15) is 0 Å². The molecule has 106 valence electrons. The van der Waals surface area contributed by atoms with Crippen molar-refractivity contribution in [3.05, 3.63) is 0 Å². The van der Waals surface area contributed by atoms with E-state index < -0.39 is 0 Å². The predicted octanol–water partition coefficient (Wildman–Crippen LogP) is 2.85. The number of unbranched alkanes of at least 4 members (excludes halogenated alkanes) is 3. The van der Waals surface area contributed by atoms with Crippen molar-refractivity contribution in [1.82, 2.24) is 10.6 Å². The number of hydrogen-bond acceptors (Lipinski definition) is 2. The molecule has 1 atom stereocenters. The van der Waals surface area contributed by atoms with Gasteiger partial charge in [0.15, 0.2) is 0 Å². The normalized spacial score (nSPS) is 23.6. The van der Waals surface area contributed by atoms with Crippen LogP contribution in [0.25, 0.3) is 0 Å². The van der Waals surface area contributed by atoms with Gasteiger partial charge in [0.25, 0.3) is 0 Å². The maximum Gasteiger partial charge on any atom is 0.240 e. The highest BCUT2D eigenvalue weighted by atomic mass is 16.2. The van der Waals surface area contributed by atoms with E-state index in [1.165, 1.54) is 25.7 Å². The monoisotopic (exact) mass is 254 g/mol. The molecule has 0 saturated carbocycles. The molecule has 0 aliphatic carbocycles. The van der Waals surface area contributed by atoms with Crippen LogP contribution < -0.4 is 10.6 Å². The Hall–Kier alpha value is -0.570. The van der Waals surface area contributed by atoms with Crippen molar-refractivity contribution in [2.45, 2.75) is 71.3 Å². The first-order valence-corrected chi connectivity index (χ1v) is 7.58. The van der Waals surface area contributed by atoms with E-state index in [9.17, 15) is 4.79 Å². The van der Waals surface area contributed by atoms with Crippen LogP contribution in [-0.2, 0) is 4.79 Å². The van der Waals surface area contributed by atoms with Gasteiger partial charge in [0, 0.05) is 6.54 Å². The molecule has 0 aromatic heterocycles. The van der Waals surface area contributed by atoms with Crippen molar-refractivity contribution >= 4 is 5.91 Å². The Morgan fingerprint density at radius 3 is 2.61 bits per heavy atom. The Labute approximate surface area is 112 Å². The maximum absolute atomic E-state index is 12.0. The fourth-order valence-electron chi connectivity index (χ4n) is 2.52. The molecule has 0 spiro atoms. The first-order valence-electron chi connectivity index (χ1n) is 7.58. The Kier molecular flexibility index (Phi) is 6.69. The fraction of sp³-hybridized carbons (Fsp3) is 0.933. The second-order valence-corrected chi connectivity index (χ2v) is 6.22. The molecule has 0 radical (unpaired) electrons. The van der Waals surface area contributed by atoms with E-state index in [1.807, 2.05) is 6.92 Å². The predicted molar refractivity (Wildman–Crippen MR) is 76.6 cm³/mol. The molecule has 0 bridgehead atoms. The number of hydrogen-bond donors (Lipinski definition) is 2. The SMILES string of the molecule is CC(C)CCCCCCNC(=O)C1(C)CCCN1. The second-order valence-electron chi connectivity index (χ2n) is 6.22. The Balaban J connectivity index is 1.99. The van der Waals surface area contributed by atoms with Gasteiger partial charge < -0.3 is 10.6 Å². The summed E-state index contributed by atoms with van der Waals surface area (Å²) >= 11 is 0. The van der Waals surface area contributed by atoms with Crippen molar-refractivity contribution in [3.8, 4) is 0 Å². The van der Waals surface area contributed by atoms with Crippen LogP contribution in [-0.4, -0.2) is 24.5 Å². The molecule has 1 heterocycles. The minimum absolute atomic E-state index is 0.183. The summed E-state index contributed by atoms with van der Waals surface area (Å²) in [5, 5.41) is 6.36. The van der Waals surface area contributed by atoms with Crippen LogP contribution >= 0.6 is 0 Å². The van der Waals surface area contributed by atoms with Gasteiger partial charge in [0.1, 0.15) is 0 Å². The molecule has 0 aromatic carbocycles. The standard InChI is InChI=1S/C15H30N2O/c1-13(2)9-6-4-5-7-11-16-14(18)15(3)10-8-12-17-15/h13,17H,4-12H2,1-3H3,(H,16,18). The molecular weight excluding hydrogens is 224 g/mol. The third-order valence-electron chi connectivity index (χ3n) is 3.86. The van der Waals surface area contributed by atoms with Crippen LogP contribution in [0.15, 0.2) is 0 Å². The quantitative estimate of drug-likeness (QED) is 0.654. The molecule has 1 aliphatic heterocycles. The summed E-state index contributed by atoms with van der Waals surface area (Å²) in [5.41, 5.74) is -0.308. The van der Waals surface area contributed by atoms with Gasteiger partial charge in [0.2, 0.25) is 5.91 Å². The third-order valence-corrected chi connectivity index (χ3v) is 3.86. The minimum Gasteiger partial charge on any atom is -0.355 e.